The number of methoxy groups -OCH3 is 1. The molecule has 0 saturated heterocycles. The van der Waals surface area contributed by atoms with Gasteiger partial charge in [-0.3, -0.25) is 15.4 Å². The van der Waals surface area contributed by atoms with Crippen LogP contribution in [0.25, 0.3) is 0 Å². The molecule has 120 valence electrons. The minimum absolute atomic E-state index is 0.00252. The van der Waals surface area contributed by atoms with E-state index in [0.717, 1.165) is 11.1 Å². The maximum Gasteiger partial charge on any atom is 0.413 e. The lowest BCUT2D eigenvalue weighted by Gasteiger charge is -2.19. The van der Waals surface area contributed by atoms with Crippen LogP contribution in [0.15, 0.2) is 54.6 Å². The molecule has 0 bridgehead atoms. The highest BCUT2D eigenvalue weighted by molar-refractivity contribution is 5.92. The highest BCUT2D eigenvalue weighted by Gasteiger charge is 2.15. The number of alkyl carbamates (subject to hydrolysis) is 1. The van der Waals surface area contributed by atoms with Crippen molar-refractivity contribution in [3.63, 3.8) is 0 Å². The Morgan fingerprint density at radius 1 is 1.00 bits per heavy atom. The van der Waals surface area contributed by atoms with E-state index in [2.05, 4.69) is 15.4 Å². The van der Waals surface area contributed by atoms with Crippen LogP contribution in [0.3, 0.4) is 0 Å². The maximum absolute atomic E-state index is 11.8. The zero-order valence-electron chi connectivity index (χ0n) is 13.2. The number of ether oxygens (including phenoxy) is 1. The first kappa shape index (κ1) is 16.7. The van der Waals surface area contributed by atoms with Crippen LogP contribution in [0.1, 0.15) is 22.7 Å². The van der Waals surface area contributed by atoms with Gasteiger partial charge in [0.25, 0.3) is 0 Å². The Hall–Kier alpha value is -2.66. The summed E-state index contributed by atoms with van der Waals surface area (Å²) in [4.78, 5) is 22.8. The number of nitrogens with one attached hydrogen (secondary N) is 2. The third-order valence-electron chi connectivity index (χ3n) is 3.44. The summed E-state index contributed by atoms with van der Waals surface area (Å²) in [5.74, 6) is -0.440. The van der Waals surface area contributed by atoms with Gasteiger partial charge in [-0.05, 0) is 18.1 Å². The number of carbonyl (C=O) groups excluding carboxylic acids is 2. The maximum atomic E-state index is 11.8. The molecule has 0 aliphatic carbocycles. The fourth-order valence-electron chi connectivity index (χ4n) is 2.24. The fourth-order valence-corrected chi connectivity index (χ4v) is 2.24. The summed E-state index contributed by atoms with van der Waals surface area (Å²) in [6.45, 7) is 2.03. The number of aryl methyl sites for hydroxylation is 1. The molecule has 2 amide bonds. The number of imide groups is 1. The smallest absolute Gasteiger partial charge is 0.413 e. The SMILES string of the molecule is COC(=O)NC(=O)CN[C@@H](c1ccccc1)c1ccc(C)cc1. The van der Waals surface area contributed by atoms with Crippen LogP contribution in [0.5, 0.6) is 0 Å². The quantitative estimate of drug-likeness (QED) is 0.890. The van der Waals surface area contributed by atoms with Crippen LogP contribution in [0.4, 0.5) is 4.79 Å². The van der Waals surface area contributed by atoms with Crippen molar-refractivity contribution < 1.29 is 14.3 Å². The second-order valence-corrected chi connectivity index (χ2v) is 5.18. The van der Waals surface area contributed by atoms with Crippen molar-refractivity contribution in [3.8, 4) is 0 Å². The van der Waals surface area contributed by atoms with E-state index in [0.29, 0.717) is 0 Å². The van der Waals surface area contributed by atoms with Crippen molar-refractivity contribution in [2.24, 2.45) is 0 Å². The van der Waals surface area contributed by atoms with Gasteiger partial charge in [-0.2, -0.15) is 0 Å². The third-order valence-corrected chi connectivity index (χ3v) is 3.44. The van der Waals surface area contributed by atoms with Crippen LogP contribution in [0.2, 0.25) is 0 Å². The molecular weight excluding hydrogens is 292 g/mol. The number of benzene rings is 2. The molecule has 0 saturated carbocycles. The largest absolute Gasteiger partial charge is 0.453 e. The molecule has 2 aromatic rings. The molecule has 0 aliphatic rings. The van der Waals surface area contributed by atoms with E-state index in [9.17, 15) is 9.59 Å². The monoisotopic (exact) mass is 312 g/mol. The number of hydrogen-bond donors (Lipinski definition) is 2. The van der Waals surface area contributed by atoms with E-state index in [1.165, 1.54) is 12.7 Å². The Morgan fingerprint density at radius 2 is 1.61 bits per heavy atom. The van der Waals surface area contributed by atoms with Crippen LogP contribution in [-0.2, 0) is 9.53 Å². The first-order valence-corrected chi connectivity index (χ1v) is 7.33. The zero-order chi connectivity index (χ0) is 16.7. The summed E-state index contributed by atoms with van der Waals surface area (Å²) >= 11 is 0. The molecule has 0 spiro atoms. The van der Waals surface area contributed by atoms with Gasteiger partial charge in [-0.25, -0.2) is 4.79 Å². The van der Waals surface area contributed by atoms with Crippen molar-refractivity contribution in [2.45, 2.75) is 13.0 Å². The third kappa shape index (κ3) is 4.93. The normalized spacial score (nSPS) is 11.6. The molecule has 23 heavy (non-hydrogen) atoms. The van der Waals surface area contributed by atoms with Gasteiger partial charge in [-0.1, -0.05) is 60.2 Å². The predicted molar refractivity (Wildman–Crippen MR) is 88.0 cm³/mol. The summed E-state index contributed by atoms with van der Waals surface area (Å²) in [6.07, 6.45) is -0.761. The van der Waals surface area contributed by atoms with Gasteiger partial charge < -0.3 is 4.74 Å². The molecule has 0 fully saturated rings. The second-order valence-electron chi connectivity index (χ2n) is 5.18. The molecule has 2 aromatic carbocycles. The molecule has 0 aliphatic heterocycles. The topological polar surface area (TPSA) is 67.4 Å². The standard InChI is InChI=1S/C18H20N2O3/c1-13-8-10-15(11-9-13)17(14-6-4-3-5-7-14)19-12-16(21)20-18(22)23-2/h3-11,17,19H,12H2,1-2H3,(H,20,21,22)/t17-/m0/s1. The number of hydrogen-bond acceptors (Lipinski definition) is 4. The van der Waals surface area contributed by atoms with Crippen molar-refractivity contribution in [3.05, 3.63) is 71.3 Å². The minimum Gasteiger partial charge on any atom is -0.453 e. The molecule has 0 heterocycles. The summed E-state index contributed by atoms with van der Waals surface area (Å²) in [5, 5.41) is 5.32. The summed E-state index contributed by atoms with van der Waals surface area (Å²) in [6, 6.07) is 17.8. The van der Waals surface area contributed by atoms with Crippen molar-refractivity contribution in [1.82, 2.24) is 10.6 Å². The Kier molecular flexibility index (Phi) is 5.88. The highest BCUT2D eigenvalue weighted by atomic mass is 16.5. The van der Waals surface area contributed by atoms with Gasteiger partial charge in [0.15, 0.2) is 0 Å². The van der Waals surface area contributed by atoms with E-state index in [4.69, 9.17) is 0 Å². The lowest BCUT2D eigenvalue weighted by Crippen LogP contribution is -2.39. The number of carbonyl (C=O) groups is 2. The van der Waals surface area contributed by atoms with E-state index < -0.39 is 12.0 Å². The second kappa shape index (κ2) is 8.10. The van der Waals surface area contributed by atoms with E-state index >= 15 is 0 Å². The molecule has 2 rings (SSSR count). The molecule has 1 atom stereocenters. The van der Waals surface area contributed by atoms with E-state index in [1.807, 2.05) is 61.5 Å². The first-order valence-electron chi connectivity index (χ1n) is 7.33. The molecular formula is C18H20N2O3. The van der Waals surface area contributed by atoms with Crippen molar-refractivity contribution in [2.75, 3.05) is 13.7 Å². The number of amides is 2. The minimum atomic E-state index is -0.761. The van der Waals surface area contributed by atoms with Gasteiger partial charge in [0.1, 0.15) is 0 Å². The summed E-state index contributed by atoms with van der Waals surface area (Å²) < 4.78 is 4.41. The van der Waals surface area contributed by atoms with Crippen molar-refractivity contribution in [1.29, 1.82) is 0 Å². The first-order chi connectivity index (χ1) is 11.1. The van der Waals surface area contributed by atoms with Gasteiger partial charge >= 0.3 is 6.09 Å². The summed E-state index contributed by atoms with van der Waals surface area (Å²) in [7, 11) is 1.22. The van der Waals surface area contributed by atoms with E-state index in [1.54, 1.807) is 0 Å². The van der Waals surface area contributed by atoms with Crippen LogP contribution in [-0.4, -0.2) is 25.7 Å². The van der Waals surface area contributed by atoms with Crippen LogP contribution in [0, 0.1) is 6.92 Å². The molecule has 5 nitrogen and oxygen atoms in total. The zero-order valence-corrected chi connectivity index (χ0v) is 13.2. The average molecular weight is 312 g/mol. The van der Waals surface area contributed by atoms with Gasteiger partial charge in [0.2, 0.25) is 5.91 Å². The Morgan fingerprint density at radius 3 is 2.22 bits per heavy atom. The Labute approximate surface area is 135 Å². The van der Waals surface area contributed by atoms with Crippen molar-refractivity contribution >= 4 is 12.0 Å². The predicted octanol–water partition coefficient (Wildman–Crippen LogP) is 2.56. The fraction of sp³-hybridized carbons (Fsp3) is 0.222. The van der Waals surface area contributed by atoms with E-state index in [-0.39, 0.29) is 12.6 Å². The lowest BCUT2D eigenvalue weighted by atomic mass is 9.98. The Bertz CT molecular complexity index is 654. The average Bonchev–Trinajstić information content (AvgIpc) is 2.57. The molecule has 0 radical (unpaired) electrons. The van der Waals surface area contributed by atoms with Crippen LogP contribution >= 0.6 is 0 Å². The highest BCUT2D eigenvalue weighted by Crippen LogP contribution is 2.22. The van der Waals surface area contributed by atoms with Crippen LogP contribution < -0.4 is 10.6 Å². The lowest BCUT2D eigenvalue weighted by molar-refractivity contribution is -0.119. The summed E-state index contributed by atoms with van der Waals surface area (Å²) in [5.41, 5.74) is 3.26. The molecule has 0 unspecified atom stereocenters. The number of rotatable bonds is 5. The molecule has 2 N–H and O–H groups in total. The van der Waals surface area contributed by atoms with Gasteiger partial charge in [0.05, 0.1) is 19.7 Å². The molecule has 5 heteroatoms. The van der Waals surface area contributed by atoms with Gasteiger partial charge in [0, 0.05) is 0 Å². The van der Waals surface area contributed by atoms with Gasteiger partial charge in [-0.15, -0.1) is 0 Å². The Balaban J connectivity index is 2.13. The molecule has 0 aromatic heterocycles.